The van der Waals surface area contributed by atoms with E-state index in [9.17, 15) is 9.59 Å². The maximum absolute atomic E-state index is 14.2. The lowest BCUT2D eigenvalue weighted by Crippen LogP contribution is -2.60. The predicted molar refractivity (Wildman–Crippen MR) is 154 cm³/mol. The van der Waals surface area contributed by atoms with Crippen molar-refractivity contribution >= 4 is 23.7 Å². The molecule has 3 aromatic carbocycles. The zero-order valence-electron chi connectivity index (χ0n) is 22.4. The number of fused-ring (bicyclic) bond motifs is 2. The number of nitrogens with zero attached hydrogens (tertiary/aromatic N) is 2. The molecule has 0 unspecified atom stereocenters. The molecule has 39 heavy (non-hydrogen) atoms. The van der Waals surface area contributed by atoms with Gasteiger partial charge in [0.05, 0.1) is 13.2 Å². The number of anilines is 2. The van der Waals surface area contributed by atoms with Crippen molar-refractivity contribution in [2.24, 2.45) is 11.8 Å². The third-order valence-electron chi connectivity index (χ3n) is 9.07. The zero-order chi connectivity index (χ0) is 26.7. The number of carbonyl (C=O) groups excluding carboxylic acids is 2. The van der Waals surface area contributed by atoms with E-state index in [1.54, 1.807) is 4.90 Å². The Labute approximate surface area is 231 Å². The number of hydrogen-bond donors (Lipinski definition) is 1. The van der Waals surface area contributed by atoms with Crippen molar-refractivity contribution in [1.29, 1.82) is 0 Å². The third-order valence-corrected chi connectivity index (χ3v) is 9.07. The molecule has 3 aliphatic rings. The first kappa shape index (κ1) is 25.6. The van der Waals surface area contributed by atoms with Crippen molar-refractivity contribution in [2.75, 3.05) is 36.5 Å². The molecule has 0 aromatic heterocycles. The number of benzene rings is 3. The van der Waals surface area contributed by atoms with Gasteiger partial charge in [-0.1, -0.05) is 54.6 Å². The van der Waals surface area contributed by atoms with Crippen molar-refractivity contribution in [1.82, 2.24) is 4.90 Å². The predicted octanol–water partition coefficient (Wildman–Crippen LogP) is 5.07. The van der Waals surface area contributed by atoms with Gasteiger partial charge in [0.25, 0.3) is 0 Å². The van der Waals surface area contributed by atoms with Gasteiger partial charge in [0.15, 0.2) is 0 Å². The fraction of sp³-hybridized carbons (Fsp3) is 0.394. The van der Waals surface area contributed by atoms with Gasteiger partial charge < -0.3 is 19.9 Å². The lowest BCUT2D eigenvalue weighted by Gasteiger charge is -2.50. The van der Waals surface area contributed by atoms with E-state index in [-0.39, 0.29) is 5.91 Å². The van der Waals surface area contributed by atoms with E-state index >= 15 is 0 Å². The number of hydrogen-bond acceptors (Lipinski definition) is 4. The van der Waals surface area contributed by atoms with Crippen LogP contribution in [0.3, 0.4) is 0 Å². The van der Waals surface area contributed by atoms with Gasteiger partial charge in [0, 0.05) is 31.0 Å². The van der Waals surface area contributed by atoms with Crippen LogP contribution in [0.4, 0.5) is 11.4 Å². The molecule has 3 aromatic rings. The lowest BCUT2D eigenvalue weighted by molar-refractivity contribution is -0.143. The normalized spacial score (nSPS) is 24.3. The van der Waals surface area contributed by atoms with Crippen molar-refractivity contribution in [3.8, 4) is 0 Å². The first-order chi connectivity index (χ1) is 19.1. The minimum Gasteiger partial charge on any atom is -0.378 e. The van der Waals surface area contributed by atoms with Crippen LogP contribution in [-0.2, 0) is 33.7 Å². The summed E-state index contributed by atoms with van der Waals surface area (Å²) in [5, 5.41) is 3.22. The van der Waals surface area contributed by atoms with Crippen molar-refractivity contribution in [3.05, 3.63) is 95.6 Å². The highest BCUT2D eigenvalue weighted by Crippen LogP contribution is 2.46. The average molecular weight is 524 g/mol. The van der Waals surface area contributed by atoms with E-state index in [2.05, 4.69) is 46.6 Å². The number of rotatable bonds is 7. The summed E-state index contributed by atoms with van der Waals surface area (Å²) < 4.78 is 5.48. The van der Waals surface area contributed by atoms with Gasteiger partial charge >= 0.3 is 0 Å². The summed E-state index contributed by atoms with van der Waals surface area (Å²) in [6.07, 6.45) is 5.19. The fourth-order valence-electron chi connectivity index (χ4n) is 6.88. The Hall–Kier alpha value is -3.64. The fourth-order valence-corrected chi connectivity index (χ4v) is 6.88. The Morgan fingerprint density at radius 2 is 1.59 bits per heavy atom. The minimum atomic E-state index is -0.895. The largest absolute Gasteiger partial charge is 0.378 e. The van der Waals surface area contributed by atoms with Crippen molar-refractivity contribution in [2.45, 2.75) is 44.2 Å². The first-order valence-electron chi connectivity index (χ1n) is 14.2. The number of ether oxygens (including phenoxy) is 1. The maximum atomic E-state index is 14.2. The molecule has 6 heteroatoms. The van der Waals surface area contributed by atoms with Crippen LogP contribution in [0.25, 0.3) is 0 Å². The van der Waals surface area contributed by atoms with Gasteiger partial charge in [-0.3, -0.25) is 9.59 Å². The molecule has 1 saturated heterocycles. The minimum absolute atomic E-state index is 0.0815. The molecular weight excluding hydrogens is 486 g/mol. The smallest absolute Gasteiger partial charge is 0.250 e. The molecule has 3 atom stereocenters. The monoisotopic (exact) mass is 523 g/mol. The molecule has 0 spiro atoms. The number of morpholine rings is 1. The van der Waals surface area contributed by atoms with Crippen LogP contribution < -0.4 is 10.2 Å². The van der Waals surface area contributed by atoms with Gasteiger partial charge in [-0.2, -0.15) is 0 Å². The molecule has 202 valence electrons. The second-order valence-electron chi connectivity index (χ2n) is 11.3. The number of carbonyl (C=O) groups is 2. The molecule has 1 N–H and O–H groups in total. The molecule has 2 aliphatic carbocycles. The SMILES string of the molecule is O=CN(Cc1ccccc1)[C@]1(C(=O)Nc2ccc(N3CCOCC3)cc2)CC[C@H]2Cc3ccccc3C[C@H]2C1. The summed E-state index contributed by atoms with van der Waals surface area (Å²) in [6.45, 7) is 3.62. The highest BCUT2D eigenvalue weighted by molar-refractivity contribution is 5.99. The van der Waals surface area contributed by atoms with Crippen molar-refractivity contribution in [3.63, 3.8) is 0 Å². The summed E-state index contributed by atoms with van der Waals surface area (Å²) in [4.78, 5) is 31.0. The molecular formula is C33H37N3O3. The van der Waals surface area contributed by atoms with E-state index in [0.29, 0.717) is 31.2 Å². The zero-order valence-corrected chi connectivity index (χ0v) is 22.4. The summed E-state index contributed by atoms with van der Waals surface area (Å²) in [7, 11) is 0. The first-order valence-corrected chi connectivity index (χ1v) is 14.2. The van der Waals surface area contributed by atoms with Gasteiger partial charge in [0.1, 0.15) is 5.54 Å². The van der Waals surface area contributed by atoms with Crippen LogP contribution in [-0.4, -0.2) is 49.1 Å². The Balaban J connectivity index is 1.27. The number of amides is 2. The van der Waals surface area contributed by atoms with Crippen LogP contribution in [0.15, 0.2) is 78.9 Å². The summed E-state index contributed by atoms with van der Waals surface area (Å²) >= 11 is 0. The lowest BCUT2D eigenvalue weighted by atomic mass is 9.62. The quantitative estimate of drug-likeness (QED) is 0.439. The molecule has 0 radical (unpaired) electrons. The van der Waals surface area contributed by atoms with E-state index in [1.807, 2.05) is 42.5 Å². The van der Waals surface area contributed by atoms with Gasteiger partial charge in [0.2, 0.25) is 12.3 Å². The Morgan fingerprint density at radius 1 is 0.923 bits per heavy atom. The average Bonchev–Trinajstić information content (AvgIpc) is 3.00. The summed E-state index contributed by atoms with van der Waals surface area (Å²) in [5.74, 6) is 0.821. The molecule has 2 fully saturated rings. The van der Waals surface area contributed by atoms with Crippen LogP contribution in [0, 0.1) is 11.8 Å². The molecule has 6 nitrogen and oxygen atoms in total. The van der Waals surface area contributed by atoms with E-state index in [0.717, 1.165) is 68.9 Å². The Kier molecular flexibility index (Phi) is 7.38. The Morgan fingerprint density at radius 3 is 2.28 bits per heavy atom. The van der Waals surface area contributed by atoms with Crippen LogP contribution >= 0.6 is 0 Å². The van der Waals surface area contributed by atoms with E-state index < -0.39 is 5.54 Å². The third kappa shape index (κ3) is 5.30. The van der Waals surface area contributed by atoms with Gasteiger partial charge in [-0.15, -0.1) is 0 Å². The molecule has 6 rings (SSSR count). The highest BCUT2D eigenvalue weighted by Gasteiger charge is 2.50. The standard InChI is InChI=1S/C33H37N3O3/c37-24-36(23-25-6-2-1-3-7-25)33(15-14-28-20-26-8-4-5-9-27(26)21-29(28)22-33)32(38)34-30-10-12-31(13-11-30)35-16-18-39-19-17-35/h1-13,24,28-29H,14-23H2,(H,34,38)/t28-,29-,33+/m0/s1. The van der Waals surface area contributed by atoms with Crippen LogP contribution in [0.1, 0.15) is 36.0 Å². The molecule has 1 aliphatic heterocycles. The van der Waals surface area contributed by atoms with Gasteiger partial charge in [-0.25, -0.2) is 0 Å². The number of nitrogens with one attached hydrogen (secondary N) is 1. The molecule has 0 bridgehead atoms. The van der Waals surface area contributed by atoms with Crippen LogP contribution in [0.5, 0.6) is 0 Å². The van der Waals surface area contributed by atoms with Gasteiger partial charge in [-0.05, 0) is 84.9 Å². The molecule has 1 saturated carbocycles. The topological polar surface area (TPSA) is 61.9 Å². The molecule has 2 amide bonds. The highest BCUT2D eigenvalue weighted by atomic mass is 16.5. The van der Waals surface area contributed by atoms with Crippen molar-refractivity contribution < 1.29 is 14.3 Å². The summed E-state index contributed by atoms with van der Waals surface area (Å²) in [5.41, 5.74) is 4.85. The summed E-state index contributed by atoms with van der Waals surface area (Å²) in [6, 6.07) is 26.7. The van der Waals surface area contributed by atoms with Crippen LogP contribution in [0.2, 0.25) is 0 Å². The molecule has 1 heterocycles. The second-order valence-corrected chi connectivity index (χ2v) is 11.3. The maximum Gasteiger partial charge on any atom is 0.250 e. The second kappa shape index (κ2) is 11.2. The Bertz CT molecular complexity index is 1290. The van der Waals surface area contributed by atoms with E-state index in [1.165, 1.54) is 11.1 Å². The van der Waals surface area contributed by atoms with E-state index in [4.69, 9.17) is 4.74 Å².